The van der Waals surface area contributed by atoms with Gasteiger partial charge in [-0.25, -0.2) is 0 Å². The second kappa shape index (κ2) is 11.4. The third kappa shape index (κ3) is 6.08. The first-order chi connectivity index (χ1) is 16.5. The number of thioether (sulfide) groups is 1. The van der Waals surface area contributed by atoms with Gasteiger partial charge in [-0.3, -0.25) is 9.36 Å². The summed E-state index contributed by atoms with van der Waals surface area (Å²) in [5.41, 5.74) is 2.76. The van der Waals surface area contributed by atoms with Gasteiger partial charge in [-0.05, 0) is 42.3 Å². The van der Waals surface area contributed by atoms with Crippen LogP contribution in [0.4, 0.5) is 0 Å². The van der Waals surface area contributed by atoms with Crippen LogP contribution in [0.25, 0.3) is 11.8 Å². The lowest BCUT2D eigenvalue weighted by Crippen LogP contribution is -2.27. The zero-order valence-corrected chi connectivity index (χ0v) is 20.7. The van der Waals surface area contributed by atoms with Gasteiger partial charge in [0.1, 0.15) is 0 Å². The topological polar surface area (TPSA) is 59.8 Å². The molecule has 1 aromatic heterocycles. The average molecular weight is 509 g/mol. The van der Waals surface area contributed by atoms with Crippen molar-refractivity contribution in [3.63, 3.8) is 0 Å². The third-order valence-electron chi connectivity index (χ3n) is 4.99. The summed E-state index contributed by atoms with van der Waals surface area (Å²) < 4.78 is 1.85. The Labute approximate surface area is 212 Å². The predicted octanol–water partition coefficient (Wildman–Crippen LogP) is 6.76. The highest BCUT2D eigenvalue weighted by Gasteiger charge is 2.22. The summed E-state index contributed by atoms with van der Waals surface area (Å²) in [5, 5.41) is 13.5. The molecule has 0 aliphatic heterocycles. The summed E-state index contributed by atoms with van der Waals surface area (Å²) in [6.07, 6.45) is 3.27. The second-order valence-corrected chi connectivity index (χ2v) is 9.31. The lowest BCUT2D eigenvalue weighted by molar-refractivity contribution is -0.117. The van der Waals surface area contributed by atoms with E-state index in [1.54, 1.807) is 24.3 Å². The monoisotopic (exact) mass is 508 g/mol. The molecule has 34 heavy (non-hydrogen) atoms. The first-order valence-electron chi connectivity index (χ1n) is 10.6. The van der Waals surface area contributed by atoms with E-state index in [4.69, 9.17) is 23.2 Å². The van der Waals surface area contributed by atoms with Crippen LogP contribution in [-0.2, 0) is 10.5 Å². The van der Waals surface area contributed by atoms with Crippen LogP contribution in [0.3, 0.4) is 0 Å². The molecule has 0 aliphatic carbocycles. The standard InChI is InChI=1S/C26H22Cl2N4OS/c1-18(29-24(33)15-12-19-8-4-2-5-9-19)25-30-31-26(34-17-20-10-6-3-7-11-20)32(25)23-16-21(27)13-14-22(23)28/h2-16,18H,17H2,1H3,(H,29,33). The number of benzene rings is 3. The van der Waals surface area contributed by atoms with E-state index >= 15 is 0 Å². The maximum Gasteiger partial charge on any atom is 0.244 e. The molecule has 172 valence electrons. The van der Waals surface area contributed by atoms with E-state index in [2.05, 4.69) is 27.6 Å². The van der Waals surface area contributed by atoms with Crippen LogP contribution in [0.2, 0.25) is 10.0 Å². The molecule has 1 atom stereocenters. The summed E-state index contributed by atoms with van der Waals surface area (Å²) in [4.78, 5) is 12.6. The molecule has 8 heteroatoms. The van der Waals surface area contributed by atoms with Crippen LogP contribution in [-0.4, -0.2) is 20.7 Å². The highest BCUT2D eigenvalue weighted by molar-refractivity contribution is 7.98. The molecular weight excluding hydrogens is 487 g/mol. The number of hydrogen-bond donors (Lipinski definition) is 1. The zero-order chi connectivity index (χ0) is 23.9. The average Bonchev–Trinajstić information content (AvgIpc) is 3.28. The van der Waals surface area contributed by atoms with Gasteiger partial charge in [-0.2, -0.15) is 0 Å². The summed E-state index contributed by atoms with van der Waals surface area (Å²) in [5.74, 6) is 1.03. The molecular formula is C26H22Cl2N4OS. The Hall–Kier alpha value is -3.06. The molecule has 0 bridgehead atoms. The van der Waals surface area contributed by atoms with Crippen molar-refractivity contribution in [2.24, 2.45) is 0 Å². The van der Waals surface area contributed by atoms with Crippen molar-refractivity contribution in [3.05, 3.63) is 112 Å². The quantitative estimate of drug-likeness (QED) is 0.211. The van der Waals surface area contributed by atoms with E-state index in [1.807, 2.05) is 60.0 Å². The molecule has 0 radical (unpaired) electrons. The van der Waals surface area contributed by atoms with Crippen molar-refractivity contribution in [1.29, 1.82) is 0 Å². The fourth-order valence-electron chi connectivity index (χ4n) is 3.32. The van der Waals surface area contributed by atoms with Gasteiger partial charge in [0.25, 0.3) is 0 Å². The summed E-state index contributed by atoms with van der Waals surface area (Å²) in [6, 6.07) is 24.5. The van der Waals surface area contributed by atoms with Gasteiger partial charge in [0.15, 0.2) is 11.0 Å². The predicted molar refractivity (Wildman–Crippen MR) is 139 cm³/mol. The third-order valence-corrected chi connectivity index (χ3v) is 6.55. The first-order valence-corrected chi connectivity index (χ1v) is 12.4. The number of nitrogens with zero attached hydrogens (tertiary/aromatic N) is 3. The smallest absolute Gasteiger partial charge is 0.244 e. The molecule has 4 aromatic rings. The van der Waals surface area contributed by atoms with E-state index in [9.17, 15) is 4.79 Å². The number of nitrogens with one attached hydrogen (secondary N) is 1. The number of hydrogen-bond acceptors (Lipinski definition) is 4. The summed E-state index contributed by atoms with van der Waals surface area (Å²) in [7, 11) is 0. The Balaban J connectivity index is 1.60. The lowest BCUT2D eigenvalue weighted by Gasteiger charge is -2.17. The van der Waals surface area contributed by atoms with Gasteiger partial charge in [0.2, 0.25) is 5.91 Å². The number of halogens is 2. The molecule has 3 aromatic carbocycles. The molecule has 4 rings (SSSR count). The highest BCUT2D eigenvalue weighted by atomic mass is 35.5. The molecule has 1 unspecified atom stereocenters. The van der Waals surface area contributed by atoms with E-state index in [-0.39, 0.29) is 5.91 Å². The van der Waals surface area contributed by atoms with E-state index < -0.39 is 6.04 Å². The molecule has 1 N–H and O–H groups in total. The van der Waals surface area contributed by atoms with Crippen molar-refractivity contribution in [2.75, 3.05) is 0 Å². The van der Waals surface area contributed by atoms with Crippen LogP contribution >= 0.6 is 35.0 Å². The SMILES string of the molecule is CC(NC(=O)C=Cc1ccccc1)c1nnc(SCc2ccccc2)n1-c1cc(Cl)ccc1Cl. The number of carbonyl (C=O) groups is 1. The van der Waals surface area contributed by atoms with Crippen LogP contribution in [0.1, 0.15) is 29.9 Å². The van der Waals surface area contributed by atoms with Crippen molar-refractivity contribution < 1.29 is 4.79 Å². The molecule has 0 saturated carbocycles. The van der Waals surface area contributed by atoms with Gasteiger partial charge in [-0.15, -0.1) is 10.2 Å². The van der Waals surface area contributed by atoms with E-state index in [0.717, 1.165) is 11.1 Å². The van der Waals surface area contributed by atoms with Crippen molar-refractivity contribution in [3.8, 4) is 5.69 Å². The lowest BCUT2D eigenvalue weighted by atomic mass is 10.2. The summed E-state index contributed by atoms with van der Waals surface area (Å²) >= 11 is 14.3. The molecule has 0 saturated heterocycles. The fourth-order valence-corrected chi connectivity index (χ4v) is 4.60. The Morgan fingerprint density at radius 2 is 1.74 bits per heavy atom. The maximum absolute atomic E-state index is 12.6. The van der Waals surface area contributed by atoms with E-state index in [1.165, 1.54) is 17.8 Å². The molecule has 0 fully saturated rings. The number of rotatable bonds is 8. The molecule has 0 aliphatic rings. The number of aromatic nitrogens is 3. The van der Waals surface area contributed by atoms with Gasteiger partial charge < -0.3 is 5.32 Å². The van der Waals surface area contributed by atoms with Crippen molar-refractivity contribution in [1.82, 2.24) is 20.1 Å². The zero-order valence-electron chi connectivity index (χ0n) is 18.4. The largest absolute Gasteiger partial charge is 0.343 e. The van der Waals surface area contributed by atoms with Crippen LogP contribution < -0.4 is 5.32 Å². The van der Waals surface area contributed by atoms with Gasteiger partial charge in [0.05, 0.1) is 16.8 Å². The molecule has 5 nitrogen and oxygen atoms in total. The number of carbonyl (C=O) groups excluding carboxylic acids is 1. The molecule has 0 spiro atoms. The van der Waals surface area contributed by atoms with Crippen LogP contribution in [0.15, 0.2) is 90.1 Å². The Morgan fingerprint density at radius 1 is 1.03 bits per heavy atom. The van der Waals surface area contributed by atoms with E-state index in [0.29, 0.717) is 32.5 Å². The highest BCUT2D eigenvalue weighted by Crippen LogP contribution is 2.32. The second-order valence-electron chi connectivity index (χ2n) is 7.52. The minimum Gasteiger partial charge on any atom is -0.343 e. The fraction of sp³-hybridized carbons (Fsp3) is 0.115. The minimum atomic E-state index is -0.429. The number of amides is 1. The molecule has 1 heterocycles. The van der Waals surface area contributed by atoms with Gasteiger partial charge in [0, 0.05) is 16.9 Å². The Kier molecular flexibility index (Phi) is 8.06. The van der Waals surface area contributed by atoms with Crippen LogP contribution in [0, 0.1) is 0 Å². The van der Waals surface area contributed by atoms with Gasteiger partial charge in [-0.1, -0.05) is 95.6 Å². The van der Waals surface area contributed by atoms with Crippen LogP contribution in [0.5, 0.6) is 0 Å². The van der Waals surface area contributed by atoms with Crippen molar-refractivity contribution in [2.45, 2.75) is 23.9 Å². The Bertz CT molecular complexity index is 1290. The normalized spacial score (nSPS) is 12.1. The first kappa shape index (κ1) is 24.1. The van der Waals surface area contributed by atoms with Crippen molar-refractivity contribution >= 4 is 46.9 Å². The molecule has 1 amide bonds. The minimum absolute atomic E-state index is 0.235. The van der Waals surface area contributed by atoms with Gasteiger partial charge >= 0.3 is 0 Å². The Morgan fingerprint density at radius 3 is 2.47 bits per heavy atom. The maximum atomic E-state index is 12.6. The summed E-state index contributed by atoms with van der Waals surface area (Å²) in [6.45, 7) is 1.86.